The van der Waals surface area contributed by atoms with E-state index < -0.39 is 29.5 Å². The van der Waals surface area contributed by atoms with Crippen molar-refractivity contribution >= 4 is 28.4 Å². The number of carbonyl (C=O) groups is 3. The maximum atomic E-state index is 14.7. The Morgan fingerprint density at radius 2 is 2.00 bits per heavy atom. The highest BCUT2D eigenvalue weighted by atomic mass is 19.1. The number of nitrogens with one attached hydrogen (secondary N) is 2. The number of H-pyrrole nitrogens is 1. The number of benzene rings is 1. The lowest BCUT2D eigenvalue weighted by Crippen LogP contribution is -2.42. The Kier molecular flexibility index (Phi) is 9.05. The summed E-state index contributed by atoms with van der Waals surface area (Å²) in [5.41, 5.74) is 0.157. The number of fused-ring (bicyclic) bond motifs is 1. The quantitative estimate of drug-likeness (QED) is 0.390. The predicted molar refractivity (Wildman–Crippen MR) is 138 cm³/mol. The highest BCUT2D eigenvalue weighted by Gasteiger charge is 2.35. The van der Waals surface area contributed by atoms with E-state index in [1.54, 1.807) is 0 Å². The van der Waals surface area contributed by atoms with Gasteiger partial charge in [0.15, 0.2) is 0 Å². The van der Waals surface area contributed by atoms with E-state index >= 15 is 0 Å². The lowest BCUT2D eigenvalue weighted by molar-refractivity contribution is -0.131. The van der Waals surface area contributed by atoms with E-state index in [1.807, 2.05) is 44.3 Å². The van der Waals surface area contributed by atoms with E-state index in [0.29, 0.717) is 19.3 Å². The maximum absolute atomic E-state index is 14.7. The van der Waals surface area contributed by atoms with Crippen molar-refractivity contribution < 1.29 is 18.8 Å². The van der Waals surface area contributed by atoms with Crippen LogP contribution in [0.3, 0.4) is 0 Å². The van der Waals surface area contributed by atoms with Crippen molar-refractivity contribution in [1.29, 1.82) is 5.26 Å². The van der Waals surface area contributed by atoms with Crippen LogP contribution in [0.1, 0.15) is 84.1 Å². The first-order valence-electron chi connectivity index (χ1n) is 13.0. The van der Waals surface area contributed by atoms with Crippen molar-refractivity contribution in [2.45, 2.75) is 90.3 Å². The van der Waals surface area contributed by atoms with Crippen molar-refractivity contribution in [3.8, 4) is 6.07 Å². The van der Waals surface area contributed by atoms with Crippen LogP contribution in [0.2, 0.25) is 0 Å². The molecule has 2 aromatic rings. The Morgan fingerprint density at radius 3 is 2.61 bits per heavy atom. The summed E-state index contributed by atoms with van der Waals surface area (Å²) in [6.07, 6.45) is 4.50. The number of carbonyl (C=O) groups excluding carboxylic acids is 3. The van der Waals surface area contributed by atoms with Crippen LogP contribution in [-0.2, 0) is 14.4 Å². The van der Waals surface area contributed by atoms with Crippen molar-refractivity contribution in [3.63, 3.8) is 0 Å². The van der Waals surface area contributed by atoms with Gasteiger partial charge in [0.05, 0.1) is 6.07 Å². The monoisotopic (exact) mass is 495 g/mol. The van der Waals surface area contributed by atoms with Crippen molar-refractivity contribution in [2.24, 2.45) is 17.8 Å². The van der Waals surface area contributed by atoms with Crippen LogP contribution in [0.4, 0.5) is 4.39 Å². The van der Waals surface area contributed by atoms with Crippen LogP contribution in [0.15, 0.2) is 30.5 Å². The molecule has 0 spiro atoms. The second kappa shape index (κ2) is 11.8. The molecule has 2 N–H and O–H groups in total. The largest absolute Gasteiger partial charge is 0.361 e. The highest BCUT2D eigenvalue weighted by Crippen LogP contribution is 2.34. The number of hydrogen-bond donors (Lipinski definition) is 2. The fourth-order valence-electron chi connectivity index (χ4n) is 5.37. The van der Waals surface area contributed by atoms with Gasteiger partial charge in [-0.2, -0.15) is 5.26 Å². The first-order valence-corrected chi connectivity index (χ1v) is 13.0. The minimum atomic E-state index is -1.67. The molecule has 1 aromatic carbocycles. The van der Waals surface area contributed by atoms with E-state index in [0.717, 1.165) is 22.9 Å². The van der Waals surface area contributed by atoms with Gasteiger partial charge in [0, 0.05) is 47.7 Å². The summed E-state index contributed by atoms with van der Waals surface area (Å²) in [4.78, 5) is 42.2. The van der Waals surface area contributed by atoms with E-state index in [1.165, 1.54) is 13.8 Å². The number of hydrogen-bond acceptors (Lipinski definition) is 4. The molecule has 0 aliphatic heterocycles. The number of aromatic amines is 1. The molecule has 1 fully saturated rings. The smallest absolute Gasteiger partial charge is 0.224 e. The van der Waals surface area contributed by atoms with Gasteiger partial charge >= 0.3 is 0 Å². The molecular formula is C29H38FN3O3. The molecule has 1 aromatic heterocycles. The molecular weight excluding hydrogens is 457 g/mol. The van der Waals surface area contributed by atoms with Gasteiger partial charge in [0.1, 0.15) is 23.3 Å². The molecule has 1 aliphatic carbocycles. The lowest BCUT2D eigenvalue weighted by atomic mass is 9.81. The van der Waals surface area contributed by atoms with Crippen LogP contribution in [0, 0.1) is 29.1 Å². The molecule has 1 heterocycles. The third kappa shape index (κ3) is 7.25. The number of Topliss-reactive ketones (excluding diaryl/α,β-unsaturated/α-hetero) is 2. The number of nitriles is 1. The molecule has 3 rings (SSSR count). The normalized spacial score (nSPS) is 18.7. The van der Waals surface area contributed by atoms with Crippen LogP contribution in [0.5, 0.6) is 0 Å². The molecule has 0 radical (unpaired) electrons. The van der Waals surface area contributed by atoms with Crippen molar-refractivity contribution in [2.75, 3.05) is 0 Å². The summed E-state index contributed by atoms with van der Waals surface area (Å²) in [5, 5.41) is 13.3. The van der Waals surface area contributed by atoms with Gasteiger partial charge in [-0.25, -0.2) is 4.39 Å². The van der Waals surface area contributed by atoms with Gasteiger partial charge in [0.25, 0.3) is 0 Å². The molecule has 1 unspecified atom stereocenters. The predicted octanol–water partition coefficient (Wildman–Crippen LogP) is 5.78. The molecule has 4 atom stereocenters. The first-order chi connectivity index (χ1) is 17.0. The van der Waals surface area contributed by atoms with Crippen LogP contribution >= 0.6 is 0 Å². The van der Waals surface area contributed by atoms with Crippen LogP contribution < -0.4 is 5.32 Å². The summed E-state index contributed by atoms with van der Waals surface area (Å²) in [6, 6.07) is 9.01. The number of ketones is 2. The maximum Gasteiger partial charge on any atom is 0.224 e. The second-order valence-electron chi connectivity index (χ2n) is 11.2. The Balaban J connectivity index is 1.80. The average molecular weight is 496 g/mol. The third-order valence-corrected chi connectivity index (χ3v) is 7.07. The van der Waals surface area contributed by atoms with E-state index in [9.17, 15) is 24.0 Å². The van der Waals surface area contributed by atoms with E-state index in [4.69, 9.17) is 0 Å². The zero-order valence-electron chi connectivity index (χ0n) is 21.8. The first kappa shape index (κ1) is 27.6. The van der Waals surface area contributed by atoms with E-state index in [-0.39, 0.29) is 42.7 Å². The van der Waals surface area contributed by atoms with Gasteiger partial charge in [-0.15, -0.1) is 0 Å². The molecule has 1 saturated carbocycles. The molecule has 6 nitrogen and oxygen atoms in total. The lowest BCUT2D eigenvalue weighted by Gasteiger charge is -2.26. The molecule has 7 heteroatoms. The van der Waals surface area contributed by atoms with Gasteiger partial charge < -0.3 is 10.3 Å². The van der Waals surface area contributed by atoms with E-state index in [2.05, 4.69) is 16.4 Å². The molecule has 194 valence electrons. The molecule has 0 bridgehead atoms. The fraction of sp³-hybridized carbons (Fsp3) is 0.586. The fourth-order valence-corrected chi connectivity index (χ4v) is 5.37. The minimum absolute atomic E-state index is 0.114. The summed E-state index contributed by atoms with van der Waals surface area (Å²) in [6.45, 7) is 6.88. The Hall–Kier alpha value is -3.01. The highest BCUT2D eigenvalue weighted by molar-refractivity contribution is 5.95. The number of nitrogens with zero attached hydrogens (tertiary/aromatic N) is 1. The van der Waals surface area contributed by atoms with Gasteiger partial charge in [-0.05, 0) is 63.5 Å². The van der Waals surface area contributed by atoms with Crippen molar-refractivity contribution in [3.05, 3.63) is 36.0 Å². The van der Waals surface area contributed by atoms with Gasteiger partial charge in [-0.1, -0.05) is 32.0 Å². The number of halogens is 1. The number of para-hydroxylation sites is 1. The summed E-state index contributed by atoms with van der Waals surface area (Å²) in [5.74, 6) is -1.83. The zero-order chi connectivity index (χ0) is 26.5. The number of aromatic nitrogens is 1. The molecule has 1 amide bonds. The number of alkyl halides is 1. The molecule has 1 aliphatic rings. The van der Waals surface area contributed by atoms with Gasteiger partial charge in [0.2, 0.25) is 5.91 Å². The van der Waals surface area contributed by atoms with Crippen LogP contribution in [0.25, 0.3) is 10.9 Å². The average Bonchev–Trinajstić information content (AvgIpc) is 3.41. The summed E-state index contributed by atoms with van der Waals surface area (Å²) >= 11 is 0. The standard InChI is InChI=1S/C29H38FN3O3/c1-18(2)12-23(24-17-32-25-10-6-5-9-22(24)25)27(35)14-20(15-29(3,4)30)28(36)33-21(16-31)13-19-8-7-11-26(19)34/h5-6,9-10,17-21,23,32H,7-8,11-15H2,1-4H3,(H,33,36)/t19-,20-,21-,23?/m0/s1. The number of amides is 1. The summed E-state index contributed by atoms with van der Waals surface area (Å²) in [7, 11) is 0. The Bertz CT molecular complexity index is 1120. The van der Waals surface area contributed by atoms with Gasteiger partial charge in [-0.3, -0.25) is 14.4 Å². The minimum Gasteiger partial charge on any atom is -0.361 e. The Labute approximate surface area is 213 Å². The summed E-state index contributed by atoms with van der Waals surface area (Å²) < 4.78 is 14.7. The third-order valence-electron chi connectivity index (χ3n) is 7.07. The number of rotatable bonds is 12. The van der Waals surface area contributed by atoms with Crippen molar-refractivity contribution in [1.82, 2.24) is 10.3 Å². The van der Waals surface area contributed by atoms with Crippen LogP contribution in [-0.4, -0.2) is 34.2 Å². The Morgan fingerprint density at radius 1 is 1.28 bits per heavy atom. The SMILES string of the molecule is CC(C)CC(C(=O)C[C@@H](CC(C)(C)F)C(=O)N[C@H](C#N)C[C@@H]1CCCC1=O)c1c[nH]c2ccccc12. The topological polar surface area (TPSA) is 103 Å². The molecule has 0 saturated heterocycles. The zero-order valence-corrected chi connectivity index (χ0v) is 21.8. The second-order valence-corrected chi connectivity index (χ2v) is 11.2. The molecule has 36 heavy (non-hydrogen) atoms.